The highest BCUT2D eigenvalue weighted by molar-refractivity contribution is 5.96. The summed E-state index contributed by atoms with van der Waals surface area (Å²) in [5.41, 5.74) is 6.95. The molecular weight excluding hydrogens is 162 g/mol. The van der Waals surface area contributed by atoms with E-state index in [1.54, 1.807) is 0 Å². The Morgan fingerprint density at radius 3 is 2.38 bits per heavy atom. The first-order valence-corrected chi connectivity index (χ1v) is 4.55. The second-order valence-corrected chi connectivity index (χ2v) is 3.43. The molecule has 0 aromatic carbocycles. The van der Waals surface area contributed by atoms with Crippen LogP contribution in [0.4, 0.5) is 0 Å². The minimum atomic E-state index is 0.0413. The van der Waals surface area contributed by atoms with Gasteiger partial charge in [-0.25, -0.2) is 0 Å². The van der Waals surface area contributed by atoms with Crippen molar-refractivity contribution in [1.82, 2.24) is 0 Å². The van der Waals surface area contributed by atoms with E-state index in [4.69, 9.17) is 11.1 Å². The van der Waals surface area contributed by atoms with Crippen LogP contribution >= 0.6 is 0 Å². The van der Waals surface area contributed by atoms with Gasteiger partial charge in [0.05, 0.1) is 0 Å². The first-order valence-electron chi connectivity index (χ1n) is 4.55. The van der Waals surface area contributed by atoms with Crippen LogP contribution in [0.3, 0.4) is 0 Å². The third-order valence-corrected chi connectivity index (χ3v) is 1.83. The zero-order chi connectivity index (χ0) is 10.4. The normalized spacial score (nSPS) is 12.9. The van der Waals surface area contributed by atoms with Crippen molar-refractivity contribution in [3.05, 3.63) is 11.3 Å². The molecule has 0 amide bonds. The summed E-state index contributed by atoms with van der Waals surface area (Å²) >= 11 is 0. The molecular formula is C10H19N3. The van der Waals surface area contributed by atoms with E-state index in [2.05, 4.69) is 18.8 Å². The molecule has 0 aromatic rings. The topological polar surface area (TPSA) is 62.2 Å². The van der Waals surface area contributed by atoms with E-state index < -0.39 is 0 Å². The second kappa shape index (κ2) is 5.51. The van der Waals surface area contributed by atoms with Crippen molar-refractivity contribution < 1.29 is 0 Å². The van der Waals surface area contributed by atoms with E-state index in [9.17, 15) is 0 Å². The molecule has 0 saturated heterocycles. The Labute approximate surface area is 80.3 Å². The molecule has 0 aliphatic rings. The zero-order valence-corrected chi connectivity index (χ0v) is 8.89. The molecule has 0 rings (SSSR count). The molecule has 74 valence electrons. The van der Waals surface area contributed by atoms with Gasteiger partial charge in [-0.2, -0.15) is 0 Å². The third kappa shape index (κ3) is 4.45. The standard InChI is InChI=1S/C10H19N3/c1-5-8(4)6-13-9(7(2)3)10(11)12/h6,8H,5H2,1-4H3,(H3,11,12)/b13-6-. The van der Waals surface area contributed by atoms with Gasteiger partial charge in [-0.05, 0) is 31.8 Å². The summed E-state index contributed by atoms with van der Waals surface area (Å²) < 4.78 is 0. The molecule has 0 fully saturated rings. The molecule has 0 aromatic heterocycles. The Morgan fingerprint density at radius 2 is 2.08 bits per heavy atom. The fourth-order valence-corrected chi connectivity index (χ4v) is 0.775. The van der Waals surface area contributed by atoms with Gasteiger partial charge in [0, 0.05) is 6.21 Å². The fourth-order valence-electron chi connectivity index (χ4n) is 0.775. The van der Waals surface area contributed by atoms with Gasteiger partial charge in [-0.3, -0.25) is 10.4 Å². The maximum Gasteiger partial charge on any atom is 0.141 e. The summed E-state index contributed by atoms with van der Waals surface area (Å²) in [7, 11) is 0. The smallest absolute Gasteiger partial charge is 0.141 e. The maximum atomic E-state index is 7.29. The van der Waals surface area contributed by atoms with Crippen molar-refractivity contribution in [1.29, 1.82) is 5.41 Å². The lowest BCUT2D eigenvalue weighted by molar-refractivity contribution is 0.754. The first-order chi connectivity index (χ1) is 5.99. The highest BCUT2D eigenvalue weighted by Crippen LogP contribution is 2.05. The van der Waals surface area contributed by atoms with Gasteiger partial charge in [-0.15, -0.1) is 0 Å². The molecule has 3 nitrogen and oxygen atoms in total. The summed E-state index contributed by atoms with van der Waals surface area (Å²) in [4.78, 5) is 4.20. The van der Waals surface area contributed by atoms with Crippen LogP contribution in [-0.2, 0) is 0 Å². The first kappa shape index (κ1) is 11.9. The van der Waals surface area contributed by atoms with E-state index >= 15 is 0 Å². The van der Waals surface area contributed by atoms with E-state index in [1.165, 1.54) is 0 Å². The third-order valence-electron chi connectivity index (χ3n) is 1.83. The van der Waals surface area contributed by atoms with Crippen molar-refractivity contribution in [3.8, 4) is 0 Å². The number of rotatable bonds is 4. The summed E-state index contributed by atoms with van der Waals surface area (Å²) in [6.45, 7) is 8.01. The number of hydrogen-bond acceptors (Lipinski definition) is 2. The Hall–Kier alpha value is -1.12. The molecule has 1 unspecified atom stereocenters. The molecule has 0 radical (unpaired) electrons. The molecule has 0 heterocycles. The zero-order valence-electron chi connectivity index (χ0n) is 8.89. The number of nitrogens with two attached hydrogens (primary N) is 1. The number of nitrogens with zero attached hydrogens (tertiary/aromatic N) is 1. The molecule has 0 bridgehead atoms. The van der Waals surface area contributed by atoms with Crippen LogP contribution in [0.25, 0.3) is 0 Å². The van der Waals surface area contributed by atoms with Gasteiger partial charge in [0.1, 0.15) is 11.5 Å². The minimum Gasteiger partial charge on any atom is -0.382 e. The lowest BCUT2D eigenvalue weighted by atomic mass is 10.1. The van der Waals surface area contributed by atoms with Crippen LogP contribution in [0.5, 0.6) is 0 Å². The molecule has 0 aliphatic carbocycles. The SMILES string of the molecule is CCC(C)/C=N\C(C(=N)N)=C(C)C. The number of aliphatic imine (C=N–C) groups is 1. The maximum absolute atomic E-state index is 7.29. The van der Waals surface area contributed by atoms with Gasteiger partial charge in [0.2, 0.25) is 0 Å². The number of nitrogens with one attached hydrogen (secondary N) is 1. The van der Waals surface area contributed by atoms with Crippen LogP contribution < -0.4 is 5.73 Å². The molecule has 3 N–H and O–H groups in total. The average molecular weight is 181 g/mol. The Kier molecular flexibility index (Phi) is 5.04. The lowest BCUT2D eigenvalue weighted by Crippen LogP contribution is -2.13. The van der Waals surface area contributed by atoms with Crippen molar-refractivity contribution in [3.63, 3.8) is 0 Å². The lowest BCUT2D eigenvalue weighted by Gasteiger charge is -2.03. The summed E-state index contributed by atoms with van der Waals surface area (Å²) in [6.07, 6.45) is 2.90. The van der Waals surface area contributed by atoms with Gasteiger partial charge < -0.3 is 5.73 Å². The van der Waals surface area contributed by atoms with E-state index in [1.807, 2.05) is 20.1 Å². The molecule has 1 atom stereocenters. The van der Waals surface area contributed by atoms with E-state index in [0.717, 1.165) is 12.0 Å². The summed E-state index contributed by atoms with van der Waals surface area (Å²) in [5, 5.41) is 7.29. The highest BCUT2D eigenvalue weighted by atomic mass is 14.8. The average Bonchev–Trinajstić information content (AvgIpc) is 2.03. The molecule has 0 saturated carbocycles. The Morgan fingerprint density at radius 1 is 1.54 bits per heavy atom. The van der Waals surface area contributed by atoms with Crippen LogP contribution in [-0.4, -0.2) is 12.1 Å². The Bertz CT molecular complexity index is 235. The fraction of sp³-hybridized carbons (Fsp3) is 0.600. The van der Waals surface area contributed by atoms with Crippen molar-refractivity contribution >= 4 is 12.1 Å². The molecule has 0 spiro atoms. The van der Waals surface area contributed by atoms with Gasteiger partial charge >= 0.3 is 0 Å². The number of amidine groups is 1. The molecule has 0 aliphatic heterocycles. The number of allylic oxidation sites excluding steroid dienone is 1. The van der Waals surface area contributed by atoms with Crippen molar-refractivity contribution in [2.24, 2.45) is 16.6 Å². The molecule has 3 heteroatoms. The van der Waals surface area contributed by atoms with Crippen LogP contribution in [0.2, 0.25) is 0 Å². The van der Waals surface area contributed by atoms with Crippen molar-refractivity contribution in [2.45, 2.75) is 34.1 Å². The van der Waals surface area contributed by atoms with Gasteiger partial charge in [0.25, 0.3) is 0 Å². The van der Waals surface area contributed by atoms with Gasteiger partial charge in [0.15, 0.2) is 0 Å². The van der Waals surface area contributed by atoms with Crippen LogP contribution in [0, 0.1) is 11.3 Å². The van der Waals surface area contributed by atoms with Gasteiger partial charge in [-0.1, -0.05) is 13.8 Å². The largest absolute Gasteiger partial charge is 0.382 e. The molecule has 13 heavy (non-hydrogen) atoms. The van der Waals surface area contributed by atoms with Crippen LogP contribution in [0.1, 0.15) is 34.1 Å². The predicted molar refractivity (Wildman–Crippen MR) is 58.2 cm³/mol. The number of hydrogen-bond donors (Lipinski definition) is 2. The summed E-state index contributed by atoms with van der Waals surface area (Å²) in [5.74, 6) is 0.480. The monoisotopic (exact) mass is 181 g/mol. The predicted octanol–water partition coefficient (Wildman–Crippen LogP) is 2.33. The Balaban J connectivity index is 4.56. The van der Waals surface area contributed by atoms with E-state index in [-0.39, 0.29) is 5.84 Å². The summed E-state index contributed by atoms with van der Waals surface area (Å²) in [6, 6.07) is 0. The van der Waals surface area contributed by atoms with Crippen molar-refractivity contribution in [2.75, 3.05) is 0 Å². The van der Waals surface area contributed by atoms with Crippen LogP contribution in [0.15, 0.2) is 16.3 Å². The minimum absolute atomic E-state index is 0.0413. The van der Waals surface area contributed by atoms with E-state index in [0.29, 0.717) is 11.6 Å². The quantitative estimate of drug-likeness (QED) is 0.507. The highest BCUT2D eigenvalue weighted by Gasteiger charge is 2.00. The second-order valence-electron chi connectivity index (χ2n) is 3.43.